The largest absolute Gasteiger partial charge is 0.250 e. The maximum absolute atomic E-state index is 12.7. The highest BCUT2D eigenvalue weighted by Gasteiger charge is 2.05. The molecular formula is C7H8FNS2. The molecule has 0 saturated heterocycles. The fraction of sp³-hybridized carbons (Fsp3) is 0.286. The maximum Gasteiger partial charge on any atom is 0.197 e. The van der Waals surface area contributed by atoms with Crippen LogP contribution in [0.3, 0.4) is 0 Å². The quantitative estimate of drug-likeness (QED) is 0.536. The minimum Gasteiger partial charge on any atom is -0.250 e. The number of thioether (sulfide) groups is 2. The normalized spacial score (nSPS) is 12.9. The average Bonchev–Trinajstić information content (AvgIpc) is 2.06. The molecule has 0 saturated carbocycles. The van der Waals surface area contributed by atoms with Gasteiger partial charge in [-0.3, -0.25) is 0 Å². The monoisotopic (exact) mass is 189 g/mol. The molecule has 0 aliphatic carbocycles. The third-order valence-corrected chi connectivity index (χ3v) is 2.94. The van der Waals surface area contributed by atoms with Crippen molar-refractivity contribution < 1.29 is 4.39 Å². The Morgan fingerprint density at radius 1 is 1.55 bits per heavy atom. The summed E-state index contributed by atoms with van der Waals surface area (Å²) in [6.07, 6.45) is 3.40. The number of alkyl halides is 1. The van der Waals surface area contributed by atoms with Gasteiger partial charge in [0.05, 0.1) is 5.03 Å². The Labute approximate surface area is 73.8 Å². The van der Waals surface area contributed by atoms with Gasteiger partial charge < -0.3 is 0 Å². The van der Waals surface area contributed by atoms with Gasteiger partial charge in [0.25, 0.3) is 0 Å². The van der Waals surface area contributed by atoms with Gasteiger partial charge in [-0.15, -0.1) is 11.8 Å². The van der Waals surface area contributed by atoms with Crippen molar-refractivity contribution in [2.24, 2.45) is 0 Å². The van der Waals surface area contributed by atoms with Crippen LogP contribution in [0.1, 0.15) is 0 Å². The summed E-state index contributed by atoms with van der Waals surface area (Å²) in [7, 11) is 0. The Balaban J connectivity index is 2.51. The van der Waals surface area contributed by atoms with Gasteiger partial charge in [-0.05, 0) is 18.4 Å². The zero-order chi connectivity index (χ0) is 8.10. The van der Waals surface area contributed by atoms with Crippen molar-refractivity contribution in [1.82, 2.24) is 4.98 Å². The Kier molecular flexibility index (Phi) is 3.72. The first-order valence-corrected chi connectivity index (χ1v) is 5.24. The van der Waals surface area contributed by atoms with Crippen LogP contribution in [-0.2, 0) is 0 Å². The topological polar surface area (TPSA) is 12.9 Å². The van der Waals surface area contributed by atoms with Gasteiger partial charge in [-0.25, -0.2) is 9.37 Å². The molecule has 1 heterocycles. The number of pyridine rings is 1. The van der Waals surface area contributed by atoms with Crippen molar-refractivity contribution in [2.45, 2.75) is 9.86 Å². The van der Waals surface area contributed by atoms with Crippen LogP contribution in [0.2, 0.25) is 0 Å². The molecule has 0 amide bonds. The lowest BCUT2D eigenvalue weighted by atomic mass is 10.5. The summed E-state index contributed by atoms with van der Waals surface area (Å²) in [5.41, 5.74) is 0. The van der Waals surface area contributed by atoms with E-state index in [-0.39, 0.29) is 0 Å². The van der Waals surface area contributed by atoms with Crippen LogP contribution in [0.25, 0.3) is 0 Å². The number of aromatic nitrogens is 1. The van der Waals surface area contributed by atoms with Gasteiger partial charge in [0.2, 0.25) is 0 Å². The molecule has 11 heavy (non-hydrogen) atoms. The first kappa shape index (κ1) is 8.87. The zero-order valence-corrected chi connectivity index (χ0v) is 7.66. The molecule has 0 aliphatic rings. The van der Waals surface area contributed by atoms with Gasteiger partial charge in [-0.1, -0.05) is 17.8 Å². The van der Waals surface area contributed by atoms with Crippen LogP contribution in [0, 0.1) is 0 Å². The Morgan fingerprint density at radius 2 is 2.36 bits per heavy atom. The molecule has 1 unspecified atom stereocenters. The van der Waals surface area contributed by atoms with E-state index in [0.29, 0.717) is 0 Å². The number of halogens is 1. The Morgan fingerprint density at radius 3 is 2.91 bits per heavy atom. The summed E-state index contributed by atoms with van der Waals surface area (Å²) in [5.74, 6) is 0. The predicted molar refractivity (Wildman–Crippen MR) is 48.5 cm³/mol. The molecular weight excluding hydrogens is 181 g/mol. The third-order valence-electron chi connectivity index (χ3n) is 1.04. The van der Waals surface area contributed by atoms with Crippen molar-refractivity contribution in [2.75, 3.05) is 6.26 Å². The van der Waals surface area contributed by atoms with Gasteiger partial charge in [0.1, 0.15) is 0 Å². The maximum atomic E-state index is 12.7. The van der Waals surface area contributed by atoms with E-state index >= 15 is 0 Å². The minimum atomic E-state index is -0.912. The first-order chi connectivity index (χ1) is 5.33. The molecule has 1 atom stereocenters. The van der Waals surface area contributed by atoms with E-state index in [9.17, 15) is 4.39 Å². The summed E-state index contributed by atoms with van der Waals surface area (Å²) in [6.45, 7) is 0. The fourth-order valence-corrected chi connectivity index (χ4v) is 1.71. The standard InChI is InChI=1S/C7H8FNS2/c1-10-7(8)11-6-4-2-3-5-9-6/h2-5,7H,1H3. The average molecular weight is 189 g/mol. The molecule has 4 heteroatoms. The van der Waals surface area contributed by atoms with E-state index in [2.05, 4.69) is 4.98 Å². The van der Waals surface area contributed by atoms with E-state index in [4.69, 9.17) is 0 Å². The molecule has 1 nitrogen and oxygen atoms in total. The van der Waals surface area contributed by atoms with Gasteiger partial charge in [0.15, 0.2) is 4.84 Å². The highest BCUT2D eigenvalue weighted by Crippen LogP contribution is 2.28. The van der Waals surface area contributed by atoms with E-state index in [0.717, 1.165) is 16.8 Å². The Hall–Kier alpha value is -0.220. The van der Waals surface area contributed by atoms with Crippen LogP contribution in [0.4, 0.5) is 4.39 Å². The van der Waals surface area contributed by atoms with Crippen molar-refractivity contribution in [3.05, 3.63) is 24.4 Å². The summed E-state index contributed by atoms with van der Waals surface area (Å²) < 4.78 is 12.7. The molecule has 0 aromatic carbocycles. The smallest absolute Gasteiger partial charge is 0.197 e. The molecule has 1 aromatic heterocycles. The highest BCUT2D eigenvalue weighted by molar-refractivity contribution is 8.16. The molecule has 0 fully saturated rings. The second-order valence-corrected chi connectivity index (χ2v) is 4.05. The zero-order valence-electron chi connectivity index (χ0n) is 6.03. The number of hydrogen-bond acceptors (Lipinski definition) is 3. The van der Waals surface area contributed by atoms with Crippen molar-refractivity contribution in [3.63, 3.8) is 0 Å². The number of hydrogen-bond donors (Lipinski definition) is 0. The van der Waals surface area contributed by atoms with Gasteiger partial charge in [0, 0.05) is 6.20 Å². The van der Waals surface area contributed by atoms with E-state index in [1.54, 1.807) is 18.5 Å². The fourth-order valence-electron chi connectivity index (χ4n) is 0.560. The van der Waals surface area contributed by atoms with Crippen LogP contribution in [0.15, 0.2) is 29.4 Å². The molecule has 0 bridgehead atoms. The predicted octanol–water partition coefficient (Wildman–Crippen LogP) is 2.79. The highest BCUT2D eigenvalue weighted by atomic mass is 32.2. The molecule has 0 radical (unpaired) electrons. The van der Waals surface area contributed by atoms with Gasteiger partial charge in [-0.2, -0.15) is 0 Å². The summed E-state index contributed by atoms with van der Waals surface area (Å²) >= 11 is 2.30. The Bertz CT molecular complexity index is 205. The van der Waals surface area contributed by atoms with E-state index < -0.39 is 4.84 Å². The SMILES string of the molecule is CSC(F)Sc1ccccn1. The van der Waals surface area contributed by atoms with Gasteiger partial charge >= 0.3 is 0 Å². The molecule has 60 valence electrons. The van der Waals surface area contributed by atoms with E-state index in [1.165, 1.54) is 11.8 Å². The second-order valence-electron chi connectivity index (χ2n) is 1.80. The lowest BCUT2D eigenvalue weighted by Gasteiger charge is -2.01. The molecule has 0 N–H and O–H groups in total. The molecule has 1 rings (SSSR count). The number of nitrogens with zero attached hydrogens (tertiary/aromatic N) is 1. The van der Waals surface area contributed by atoms with Crippen LogP contribution < -0.4 is 0 Å². The number of rotatable bonds is 3. The second kappa shape index (κ2) is 4.62. The summed E-state index contributed by atoms with van der Waals surface area (Å²) in [5, 5.41) is 0.731. The summed E-state index contributed by atoms with van der Waals surface area (Å²) in [6, 6.07) is 5.46. The molecule has 1 aromatic rings. The lowest BCUT2D eigenvalue weighted by molar-refractivity contribution is 0.568. The molecule has 0 aliphatic heterocycles. The van der Waals surface area contributed by atoms with Crippen LogP contribution in [-0.4, -0.2) is 16.1 Å². The van der Waals surface area contributed by atoms with Crippen molar-refractivity contribution in [1.29, 1.82) is 0 Å². The van der Waals surface area contributed by atoms with Crippen LogP contribution in [0.5, 0.6) is 0 Å². The first-order valence-electron chi connectivity index (χ1n) is 3.07. The van der Waals surface area contributed by atoms with Crippen molar-refractivity contribution >= 4 is 23.5 Å². The minimum absolute atomic E-state index is 0.731. The lowest BCUT2D eigenvalue weighted by Crippen LogP contribution is -1.85. The van der Waals surface area contributed by atoms with Crippen molar-refractivity contribution in [3.8, 4) is 0 Å². The van der Waals surface area contributed by atoms with Crippen LogP contribution >= 0.6 is 23.5 Å². The van der Waals surface area contributed by atoms with E-state index in [1.807, 2.05) is 12.1 Å². The third kappa shape index (κ3) is 3.12. The molecule has 0 spiro atoms. The summed E-state index contributed by atoms with van der Waals surface area (Å²) in [4.78, 5) is 3.06.